The van der Waals surface area contributed by atoms with Crippen molar-refractivity contribution in [1.29, 1.82) is 0 Å². The van der Waals surface area contributed by atoms with Crippen LogP contribution in [0.15, 0.2) is 30.6 Å². The van der Waals surface area contributed by atoms with E-state index in [1.165, 1.54) is 38.4 Å². The molecule has 1 aliphatic carbocycles. The van der Waals surface area contributed by atoms with Gasteiger partial charge in [-0.25, -0.2) is 9.97 Å². The Morgan fingerprint density at radius 3 is 2.65 bits per heavy atom. The molecule has 2 aromatic rings. The second-order valence-corrected chi connectivity index (χ2v) is 6.09. The Labute approximate surface area is 136 Å². The first kappa shape index (κ1) is 15.7. The van der Waals surface area contributed by atoms with Crippen LogP contribution in [0, 0.1) is 0 Å². The van der Waals surface area contributed by atoms with Crippen molar-refractivity contribution in [2.75, 3.05) is 6.61 Å². The first-order valence-corrected chi connectivity index (χ1v) is 8.45. The highest BCUT2D eigenvalue weighted by molar-refractivity contribution is 5.84. The summed E-state index contributed by atoms with van der Waals surface area (Å²) in [5.74, 6) is 0.390. The molecule has 5 nitrogen and oxygen atoms in total. The molecule has 122 valence electrons. The Kier molecular flexibility index (Phi) is 5.40. The third kappa shape index (κ3) is 4.41. The molecule has 0 saturated heterocycles. The van der Waals surface area contributed by atoms with Gasteiger partial charge in [-0.1, -0.05) is 44.2 Å². The van der Waals surface area contributed by atoms with Crippen molar-refractivity contribution in [2.45, 2.75) is 51.0 Å². The first-order chi connectivity index (χ1) is 11.3. The van der Waals surface area contributed by atoms with Gasteiger partial charge in [0.2, 0.25) is 5.88 Å². The Balaban J connectivity index is 1.55. The summed E-state index contributed by atoms with van der Waals surface area (Å²) >= 11 is 0. The van der Waals surface area contributed by atoms with Gasteiger partial charge in [-0.15, -0.1) is 0 Å². The number of rotatable bonds is 4. The van der Waals surface area contributed by atoms with Crippen LogP contribution in [0.2, 0.25) is 0 Å². The van der Waals surface area contributed by atoms with Gasteiger partial charge in [0, 0.05) is 6.04 Å². The number of carbonyl (C=O) groups is 1. The molecule has 23 heavy (non-hydrogen) atoms. The first-order valence-electron chi connectivity index (χ1n) is 8.45. The normalized spacial score (nSPS) is 16.5. The van der Waals surface area contributed by atoms with Crippen LogP contribution in [0.25, 0.3) is 10.9 Å². The Hall–Kier alpha value is -2.17. The minimum atomic E-state index is -0.0710. The van der Waals surface area contributed by atoms with Crippen molar-refractivity contribution < 1.29 is 9.53 Å². The van der Waals surface area contributed by atoms with Crippen molar-refractivity contribution in [2.24, 2.45) is 0 Å². The number of hydrogen-bond acceptors (Lipinski definition) is 4. The van der Waals surface area contributed by atoms with E-state index >= 15 is 0 Å². The SMILES string of the molecule is O=C(COc1ncnc2ccccc12)NC1CCCCCCC1. The summed E-state index contributed by atoms with van der Waals surface area (Å²) < 4.78 is 5.62. The number of carbonyl (C=O) groups excluding carboxylic acids is 1. The van der Waals surface area contributed by atoms with Crippen LogP contribution in [0.4, 0.5) is 0 Å². The Morgan fingerprint density at radius 2 is 1.83 bits per heavy atom. The van der Waals surface area contributed by atoms with E-state index in [4.69, 9.17) is 4.74 Å². The van der Waals surface area contributed by atoms with Crippen molar-refractivity contribution in [3.8, 4) is 5.88 Å². The van der Waals surface area contributed by atoms with Gasteiger partial charge in [-0.3, -0.25) is 4.79 Å². The van der Waals surface area contributed by atoms with Crippen LogP contribution in [0.3, 0.4) is 0 Å². The van der Waals surface area contributed by atoms with Gasteiger partial charge in [0.25, 0.3) is 5.91 Å². The number of amides is 1. The van der Waals surface area contributed by atoms with Gasteiger partial charge < -0.3 is 10.1 Å². The maximum absolute atomic E-state index is 12.1. The number of nitrogens with zero attached hydrogens (tertiary/aromatic N) is 2. The lowest BCUT2D eigenvalue weighted by atomic mass is 9.97. The Morgan fingerprint density at radius 1 is 1.09 bits per heavy atom. The standard InChI is InChI=1S/C18H23N3O2/c22-17(21-14-8-4-2-1-3-5-9-14)12-23-18-15-10-6-7-11-16(15)19-13-20-18/h6-7,10-11,13-14H,1-5,8-9,12H2,(H,21,22). The topological polar surface area (TPSA) is 64.1 Å². The van der Waals surface area contributed by atoms with Crippen LogP contribution < -0.4 is 10.1 Å². The summed E-state index contributed by atoms with van der Waals surface area (Å²) in [6.07, 6.45) is 9.87. The summed E-state index contributed by atoms with van der Waals surface area (Å²) in [6.45, 7) is -0.00247. The molecular weight excluding hydrogens is 290 g/mol. The maximum Gasteiger partial charge on any atom is 0.258 e. The third-order valence-electron chi connectivity index (χ3n) is 4.32. The fourth-order valence-electron chi connectivity index (χ4n) is 3.10. The predicted molar refractivity (Wildman–Crippen MR) is 89.3 cm³/mol. The second kappa shape index (κ2) is 7.90. The van der Waals surface area contributed by atoms with E-state index in [0.29, 0.717) is 5.88 Å². The number of ether oxygens (including phenoxy) is 1. The minimum Gasteiger partial charge on any atom is -0.467 e. The van der Waals surface area contributed by atoms with Gasteiger partial charge in [-0.05, 0) is 25.0 Å². The Bertz CT molecular complexity index is 646. The molecule has 1 saturated carbocycles. The molecule has 0 bridgehead atoms. The molecule has 0 atom stereocenters. The quantitative estimate of drug-likeness (QED) is 0.941. The number of aromatic nitrogens is 2. The molecule has 1 N–H and O–H groups in total. The number of fused-ring (bicyclic) bond motifs is 1. The molecule has 3 rings (SSSR count). The monoisotopic (exact) mass is 313 g/mol. The molecule has 0 spiro atoms. The summed E-state index contributed by atoms with van der Waals surface area (Å²) in [4.78, 5) is 20.5. The summed E-state index contributed by atoms with van der Waals surface area (Å²) in [7, 11) is 0. The molecule has 1 aromatic heterocycles. The van der Waals surface area contributed by atoms with E-state index in [2.05, 4.69) is 15.3 Å². The average molecular weight is 313 g/mol. The van der Waals surface area contributed by atoms with Crippen LogP contribution >= 0.6 is 0 Å². The van der Waals surface area contributed by atoms with E-state index in [1.54, 1.807) is 0 Å². The highest BCUT2D eigenvalue weighted by atomic mass is 16.5. The van der Waals surface area contributed by atoms with Crippen LogP contribution in [0.5, 0.6) is 5.88 Å². The smallest absolute Gasteiger partial charge is 0.258 e. The molecule has 1 amide bonds. The zero-order chi connectivity index (χ0) is 15.9. The van der Waals surface area contributed by atoms with Crippen molar-refractivity contribution >= 4 is 16.8 Å². The van der Waals surface area contributed by atoms with Crippen LogP contribution in [0.1, 0.15) is 44.9 Å². The third-order valence-corrected chi connectivity index (χ3v) is 4.32. The van der Waals surface area contributed by atoms with Crippen molar-refractivity contribution in [1.82, 2.24) is 15.3 Å². The fourth-order valence-corrected chi connectivity index (χ4v) is 3.10. The van der Waals surface area contributed by atoms with Gasteiger partial charge in [0.1, 0.15) is 6.33 Å². The molecule has 0 unspecified atom stereocenters. The number of benzene rings is 1. The van der Waals surface area contributed by atoms with E-state index in [0.717, 1.165) is 23.7 Å². The molecule has 0 aliphatic heterocycles. The largest absolute Gasteiger partial charge is 0.467 e. The fraction of sp³-hybridized carbons (Fsp3) is 0.500. The van der Waals surface area contributed by atoms with E-state index < -0.39 is 0 Å². The molecule has 5 heteroatoms. The number of nitrogens with one attached hydrogen (secondary N) is 1. The van der Waals surface area contributed by atoms with Crippen molar-refractivity contribution in [3.05, 3.63) is 30.6 Å². The van der Waals surface area contributed by atoms with Gasteiger partial charge in [0.05, 0.1) is 10.9 Å². The lowest BCUT2D eigenvalue weighted by Gasteiger charge is -2.21. The second-order valence-electron chi connectivity index (χ2n) is 6.09. The maximum atomic E-state index is 12.1. The predicted octanol–water partition coefficient (Wildman–Crippen LogP) is 3.24. The minimum absolute atomic E-state index is 0.00247. The van der Waals surface area contributed by atoms with Crippen molar-refractivity contribution in [3.63, 3.8) is 0 Å². The lowest BCUT2D eigenvalue weighted by Crippen LogP contribution is -2.38. The zero-order valence-electron chi connectivity index (χ0n) is 13.3. The highest BCUT2D eigenvalue weighted by Gasteiger charge is 2.15. The molecule has 1 aliphatic rings. The van der Waals surface area contributed by atoms with E-state index in [1.807, 2.05) is 24.3 Å². The zero-order valence-corrected chi connectivity index (χ0v) is 13.3. The molecule has 1 fully saturated rings. The van der Waals surface area contributed by atoms with Crippen LogP contribution in [-0.4, -0.2) is 28.5 Å². The van der Waals surface area contributed by atoms with Gasteiger partial charge in [-0.2, -0.15) is 0 Å². The van der Waals surface area contributed by atoms with E-state index in [9.17, 15) is 4.79 Å². The lowest BCUT2D eigenvalue weighted by molar-refractivity contribution is -0.124. The average Bonchev–Trinajstić information content (AvgIpc) is 2.55. The van der Waals surface area contributed by atoms with Gasteiger partial charge >= 0.3 is 0 Å². The highest BCUT2D eigenvalue weighted by Crippen LogP contribution is 2.20. The van der Waals surface area contributed by atoms with Crippen LogP contribution in [-0.2, 0) is 4.79 Å². The molecule has 0 radical (unpaired) electrons. The molecule has 1 aromatic carbocycles. The van der Waals surface area contributed by atoms with Gasteiger partial charge in [0.15, 0.2) is 6.61 Å². The molecular formula is C18H23N3O2. The number of hydrogen-bond donors (Lipinski definition) is 1. The summed E-state index contributed by atoms with van der Waals surface area (Å²) in [5.41, 5.74) is 0.818. The molecule has 1 heterocycles. The summed E-state index contributed by atoms with van der Waals surface area (Å²) in [5, 5.41) is 3.93. The van der Waals surface area contributed by atoms with E-state index in [-0.39, 0.29) is 18.6 Å². The number of para-hydroxylation sites is 1. The summed E-state index contributed by atoms with van der Waals surface area (Å²) in [6, 6.07) is 7.91.